The molecule has 0 aliphatic heterocycles. The number of hydrogen-bond donors (Lipinski definition) is 2. The summed E-state index contributed by atoms with van der Waals surface area (Å²) < 4.78 is 24.2. The third-order valence-corrected chi connectivity index (χ3v) is 2.41. The van der Waals surface area contributed by atoms with E-state index in [0.717, 1.165) is 10.0 Å². The van der Waals surface area contributed by atoms with E-state index in [1.54, 1.807) is 0 Å². The number of nitrogens with two attached hydrogens (primary N) is 1. The second kappa shape index (κ2) is 4.19. The van der Waals surface area contributed by atoms with Gasteiger partial charge in [0.2, 0.25) is 0 Å². The Morgan fingerprint density at radius 1 is 1.46 bits per heavy atom. The Kier molecular flexibility index (Phi) is 3.43. The third kappa shape index (κ3) is 4.37. The van der Waals surface area contributed by atoms with Crippen LogP contribution in [-0.4, -0.2) is 8.42 Å². The molecule has 3 N–H and O–H groups in total. The first kappa shape index (κ1) is 10.6. The van der Waals surface area contributed by atoms with Crippen LogP contribution in [0.15, 0.2) is 28.7 Å². The molecular weight excluding hydrogens is 256 g/mol. The van der Waals surface area contributed by atoms with E-state index in [4.69, 9.17) is 5.14 Å². The third-order valence-electron chi connectivity index (χ3n) is 1.37. The predicted molar refractivity (Wildman–Crippen MR) is 54.1 cm³/mol. The standard InChI is InChI=1S/C7H9BrN2O2S/c8-7-3-1-2-6(4-7)5-10-13(9,11)12/h1-4,10H,5H2,(H2,9,11,12). The van der Waals surface area contributed by atoms with Crippen LogP contribution in [0.25, 0.3) is 0 Å². The molecule has 1 aromatic carbocycles. The number of rotatable bonds is 3. The van der Waals surface area contributed by atoms with Crippen molar-refractivity contribution in [1.82, 2.24) is 4.72 Å². The van der Waals surface area contributed by atoms with Crippen molar-refractivity contribution in [3.05, 3.63) is 34.3 Å². The molecule has 0 bridgehead atoms. The summed E-state index contributed by atoms with van der Waals surface area (Å²) in [6.45, 7) is 0.207. The largest absolute Gasteiger partial charge is 0.274 e. The lowest BCUT2D eigenvalue weighted by Crippen LogP contribution is -2.30. The molecule has 0 amide bonds. The van der Waals surface area contributed by atoms with Crippen LogP contribution in [0.1, 0.15) is 5.56 Å². The van der Waals surface area contributed by atoms with E-state index < -0.39 is 10.2 Å². The van der Waals surface area contributed by atoms with Crippen LogP contribution < -0.4 is 9.86 Å². The van der Waals surface area contributed by atoms with E-state index in [1.165, 1.54) is 0 Å². The minimum atomic E-state index is -3.60. The Bertz CT molecular complexity index is 391. The smallest absolute Gasteiger partial charge is 0.216 e. The first-order chi connectivity index (χ1) is 5.97. The zero-order valence-corrected chi connectivity index (χ0v) is 9.10. The Hall–Kier alpha value is -0.430. The van der Waals surface area contributed by atoms with Gasteiger partial charge in [-0.15, -0.1) is 0 Å². The zero-order valence-electron chi connectivity index (χ0n) is 6.70. The van der Waals surface area contributed by atoms with Gasteiger partial charge >= 0.3 is 0 Å². The quantitative estimate of drug-likeness (QED) is 0.846. The number of nitrogens with one attached hydrogen (secondary N) is 1. The minimum Gasteiger partial charge on any atom is -0.216 e. The van der Waals surface area contributed by atoms with Gasteiger partial charge in [0.25, 0.3) is 10.2 Å². The van der Waals surface area contributed by atoms with E-state index in [0.29, 0.717) is 0 Å². The first-order valence-electron chi connectivity index (χ1n) is 3.49. The molecule has 0 heterocycles. The predicted octanol–water partition coefficient (Wildman–Crippen LogP) is 0.742. The van der Waals surface area contributed by atoms with Crippen molar-refractivity contribution in [2.75, 3.05) is 0 Å². The molecule has 0 atom stereocenters. The van der Waals surface area contributed by atoms with Gasteiger partial charge in [0.05, 0.1) is 0 Å². The van der Waals surface area contributed by atoms with Gasteiger partial charge in [-0.25, -0.2) is 5.14 Å². The summed E-state index contributed by atoms with van der Waals surface area (Å²) in [5.41, 5.74) is 0.850. The van der Waals surface area contributed by atoms with Crippen molar-refractivity contribution in [2.45, 2.75) is 6.54 Å². The molecule has 13 heavy (non-hydrogen) atoms. The molecule has 0 fully saturated rings. The number of benzene rings is 1. The minimum absolute atomic E-state index is 0.207. The average Bonchev–Trinajstić information content (AvgIpc) is 2.00. The van der Waals surface area contributed by atoms with Crippen LogP contribution >= 0.6 is 15.9 Å². The lowest BCUT2D eigenvalue weighted by molar-refractivity contribution is 0.583. The maximum absolute atomic E-state index is 10.5. The Morgan fingerprint density at radius 2 is 2.15 bits per heavy atom. The van der Waals surface area contributed by atoms with Crippen molar-refractivity contribution in [3.8, 4) is 0 Å². The second-order valence-electron chi connectivity index (χ2n) is 2.50. The highest BCUT2D eigenvalue weighted by Gasteiger charge is 2.00. The molecule has 0 aromatic heterocycles. The fraction of sp³-hybridized carbons (Fsp3) is 0.143. The number of halogens is 1. The normalized spacial score (nSPS) is 11.5. The van der Waals surface area contributed by atoms with E-state index in [9.17, 15) is 8.42 Å². The zero-order chi connectivity index (χ0) is 9.90. The van der Waals surface area contributed by atoms with Gasteiger partial charge in [0, 0.05) is 11.0 Å². The van der Waals surface area contributed by atoms with Gasteiger partial charge in [0.15, 0.2) is 0 Å². The van der Waals surface area contributed by atoms with E-state index >= 15 is 0 Å². The molecule has 1 rings (SSSR count). The van der Waals surface area contributed by atoms with Crippen LogP contribution in [0.5, 0.6) is 0 Å². The van der Waals surface area contributed by atoms with Crippen molar-refractivity contribution in [3.63, 3.8) is 0 Å². The summed E-state index contributed by atoms with van der Waals surface area (Å²) in [7, 11) is -3.60. The maximum Gasteiger partial charge on any atom is 0.274 e. The first-order valence-corrected chi connectivity index (χ1v) is 5.83. The average molecular weight is 265 g/mol. The van der Waals surface area contributed by atoms with Crippen molar-refractivity contribution in [1.29, 1.82) is 0 Å². The highest BCUT2D eigenvalue weighted by Crippen LogP contribution is 2.11. The molecule has 0 unspecified atom stereocenters. The van der Waals surface area contributed by atoms with E-state index in [1.807, 2.05) is 24.3 Å². The van der Waals surface area contributed by atoms with Gasteiger partial charge < -0.3 is 0 Å². The molecule has 0 aliphatic rings. The maximum atomic E-state index is 10.5. The molecule has 0 saturated heterocycles. The summed E-state index contributed by atoms with van der Waals surface area (Å²) in [5, 5.41) is 4.77. The molecular formula is C7H9BrN2O2S. The highest BCUT2D eigenvalue weighted by atomic mass is 79.9. The van der Waals surface area contributed by atoms with Gasteiger partial charge in [-0.05, 0) is 17.7 Å². The topological polar surface area (TPSA) is 72.2 Å². The van der Waals surface area contributed by atoms with Crippen molar-refractivity contribution in [2.24, 2.45) is 5.14 Å². The van der Waals surface area contributed by atoms with Gasteiger partial charge in [0.1, 0.15) is 0 Å². The molecule has 72 valence electrons. The van der Waals surface area contributed by atoms with Crippen LogP contribution in [0.3, 0.4) is 0 Å². The van der Waals surface area contributed by atoms with Crippen LogP contribution in [0.2, 0.25) is 0 Å². The summed E-state index contributed by atoms with van der Waals surface area (Å²) in [6.07, 6.45) is 0. The van der Waals surface area contributed by atoms with Crippen LogP contribution in [0, 0.1) is 0 Å². The fourth-order valence-electron chi connectivity index (χ4n) is 0.831. The molecule has 0 spiro atoms. The van der Waals surface area contributed by atoms with Crippen molar-refractivity contribution >= 4 is 26.1 Å². The second-order valence-corrected chi connectivity index (χ2v) is 4.79. The summed E-state index contributed by atoms with van der Waals surface area (Å²) in [5.74, 6) is 0. The van der Waals surface area contributed by atoms with E-state index in [-0.39, 0.29) is 6.54 Å². The lowest BCUT2D eigenvalue weighted by atomic mass is 10.2. The molecule has 1 aromatic rings. The Balaban J connectivity index is 2.65. The van der Waals surface area contributed by atoms with Gasteiger partial charge in [-0.2, -0.15) is 13.1 Å². The lowest BCUT2D eigenvalue weighted by Gasteiger charge is -2.02. The molecule has 0 saturated carbocycles. The highest BCUT2D eigenvalue weighted by molar-refractivity contribution is 9.10. The molecule has 4 nitrogen and oxygen atoms in total. The van der Waals surface area contributed by atoms with Gasteiger partial charge in [-0.1, -0.05) is 28.1 Å². The van der Waals surface area contributed by atoms with Crippen LogP contribution in [-0.2, 0) is 16.8 Å². The molecule has 0 radical (unpaired) electrons. The van der Waals surface area contributed by atoms with Gasteiger partial charge in [-0.3, -0.25) is 0 Å². The van der Waals surface area contributed by atoms with Crippen molar-refractivity contribution < 1.29 is 8.42 Å². The summed E-state index contributed by atoms with van der Waals surface area (Å²) in [4.78, 5) is 0. The Labute approximate surface area is 85.4 Å². The summed E-state index contributed by atoms with van der Waals surface area (Å²) in [6, 6.07) is 7.31. The Morgan fingerprint density at radius 3 is 2.69 bits per heavy atom. The van der Waals surface area contributed by atoms with Crippen LogP contribution in [0.4, 0.5) is 0 Å². The fourth-order valence-corrected chi connectivity index (χ4v) is 1.65. The number of hydrogen-bond acceptors (Lipinski definition) is 2. The monoisotopic (exact) mass is 264 g/mol. The SMILES string of the molecule is NS(=O)(=O)NCc1cccc(Br)c1. The summed E-state index contributed by atoms with van der Waals surface area (Å²) >= 11 is 3.27. The van der Waals surface area contributed by atoms with E-state index in [2.05, 4.69) is 20.7 Å². The molecule has 0 aliphatic carbocycles. The molecule has 6 heteroatoms.